The van der Waals surface area contributed by atoms with Crippen LogP contribution in [0, 0.1) is 6.92 Å². The quantitative estimate of drug-likeness (QED) is 0.870. The average molecular weight is 263 g/mol. The minimum absolute atomic E-state index is 0.181. The van der Waals surface area contributed by atoms with Crippen LogP contribution in [-0.4, -0.2) is 29.8 Å². The first-order chi connectivity index (χ1) is 9.07. The molecule has 104 valence electrons. The van der Waals surface area contributed by atoms with Gasteiger partial charge in [0, 0.05) is 19.3 Å². The van der Waals surface area contributed by atoms with Gasteiger partial charge in [-0.25, -0.2) is 4.79 Å². The molecule has 19 heavy (non-hydrogen) atoms. The number of hydrogen-bond acceptors (Lipinski definition) is 3. The summed E-state index contributed by atoms with van der Waals surface area (Å²) in [7, 11) is 0. The molecule has 2 amide bonds. The monoisotopic (exact) mass is 263 g/mol. The first kappa shape index (κ1) is 13.8. The fourth-order valence-electron chi connectivity index (χ4n) is 2.17. The number of amides is 2. The number of hydrogen-bond donors (Lipinski definition) is 2. The fourth-order valence-corrected chi connectivity index (χ4v) is 2.17. The predicted octanol–water partition coefficient (Wildman–Crippen LogP) is 1.76. The molecule has 2 heterocycles. The Kier molecular flexibility index (Phi) is 4.37. The highest BCUT2D eigenvalue weighted by Gasteiger charge is 2.29. The lowest BCUT2D eigenvalue weighted by atomic mass is 10.0. The first-order valence-corrected chi connectivity index (χ1v) is 6.65. The number of rotatable bonds is 4. The van der Waals surface area contributed by atoms with Crippen LogP contribution in [0.15, 0.2) is 18.3 Å². The van der Waals surface area contributed by atoms with E-state index in [0.717, 1.165) is 30.7 Å². The van der Waals surface area contributed by atoms with Crippen molar-refractivity contribution in [2.75, 3.05) is 13.2 Å². The molecule has 1 atom stereocenters. The summed E-state index contributed by atoms with van der Waals surface area (Å²) in [6.07, 6.45) is 3.80. The summed E-state index contributed by atoms with van der Waals surface area (Å²) in [6.45, 7) is 5.80. The van der Waals surface area contributed by atoms with Gasteiger partial charge in [0.1, 0.15) is 0 Å². The Morgan fingerprint density at radius 1 is 1.53 bits per heavy atom. The molecule has 1 fully saturated rings. The summed E-state index contributed by atoms with van der Waals surface area (Å²) in [4.78, 5) is 15.9. The van der Waals surface area contributed by atoms with Crippen LogP contribution in [0.3, 0.4) is 0 Å². The maximum atomic E-state index is 11.7. The van der Waals surface area contributed by atoms with Gasteiger partial charge in [-0.3, -0.25) is 4.98 Å². The lowest BCUT2D eigenvalue weighted by Crippen LogP contribution is -2.44. The van der Waals surface area contributed by atoms with Gasteiger partial charge in [-0.2, -0.15) is 0 Å². The second kappa shape index (κ2) is 6.02. The highest BCUT2D eigenvalue weighted by atomic mass is 16.5. The van der Waals surface area contributed by atoms with E-state index in [1.54, 1.807) is 6.20 Å². The number of pyridine rings is 1. The fraction of sp³-hybridized carbons (Fsp3) is 0.571. The van der Waals surface area contributed by atoms with Gasteiger partial charge in [0.15, 0.2) is 0 Å². The zero-order valence-electron chi connectivity index (χ0n) is 11.5. The van der Waals surface area contributed by atoms with E-state index in [2.05, 4.69) is 15.6 Å². The molecule has 1 aliphatic rings. The molecule has 2 N–H and O–H groups in total. The van der Waals surface area contributed by atoms with E-state index < -0.39 is 0 Å². The number of ether oxygens (including phenoxy) is 1. The first-order valence-electron chi connectivity index (χ1n) is 6.65. The largest absolute Gasteiger partial charge is 0.373 e. The summed E-state index contributed by atoms with van der Waals surface area (Å²) in [6, 6.07) is 3.71. The van der Waals surface area contributed by atoms with Gasteiger partial charge in [0.05, 0.1) is 17.8 Å². The lowest BCUT2D eigenvalue weighted by Gasteiger charge is -2.23. The van der Waals surface area contributed by atoms with Crippen molar-refractivity contribution < 1.29 is 9.53 Å². The van der Waals surface area contributed by atoms with Crippen molar-refractivity contribution in [1.29, 1.82) is 0 Å². The van der Waals surface area contributed by atoms with Crippen LogP contribution < -0.4 is 10.6 Å². The predicted molar refractivity (Wildman–Crippen MR) is 72.8 cm³/mol. The Morgan fingerprint density at radius 2 is 2.37 bits per heavy atom. The maximum Gasteiger partial charge on any atom is 0.315 e. The molecule has 0 aromatic carbocycles. The third kappa shape index (κ3) is 4.21. The van der Waals surface area contributed by atoms with Crippen LogP contribution in [-0.2, 0) is 11.3 Å². The van der Waals surface area contributed by atoms with Crippen LogP contribution >= 0.6 is 0 Å². The molecular formula is C14H21N3O2. The lowest BCUT2D eigenvalue weighted by molar-refractivity contribution is 0.0229. The van der Waals surface area contributed by atoms with Crippen molar-refractivity contribution in [3.8, 4) is 0 Å². The number of carbonyl (C=O) groups excluding carboxylic acids is 1. The Balaban J connectivity index is 1.73. The van der Waals surface area contributed by atoms with E-state index in [1.165, 1.54) is 0 Å². The van der Waals surface area contributed by atoms with E-state index >= 15 is 0 Å². The molecule has 0 spiro atoms. The van der Waals surface area contributed by atoms with E-state index in [-0.39, 0.29) is 11.6 Å². The van der Waals surface area contributed by atoms with Gasteiger partial charge < -0.3 is 15.4 Å². The Hall–Kier alpha value is -1.62. The summed E-state index contributed by atoms with van der Waals surface area (Å²) in [5.41, 5.74) is 1.79. The molecule has 0 bridgehead atoms. The zero-order chi connectivity index (χ0) is 13.7. The van der Waals surface area contributed by atoms with Crippen LogP contribution in [0.2, 0.25) is 0 Å². The normalized spacial score (nSPS) is 22.2. The maximum absolute atomic E-state index is 11.7. The van der Waals surface area contributed by atoms with Crippen molar-refractivity contribution in [2.45, 2.75) is 38.8 Å². The van der Waals surface area contributed by atoms with Crippen molar-refractivity contribution in [2.24, 2.45) is 0 Å². The van der Waals surface area contributed by atoms with E-state index in [4.69, 9.17) is 4.74 Å². The van der Waals surface area contributed by atoms with Crippen molar-refractivity contribution >= 4 is 6.03 Å². The second-order valence-electron chi connectivity index (χ2n) is 5.26. The van der Waals surface area contributed by atoms with Gasteiger partial charge in [0.25, 0.3) is 0 Å². The van der Waals surface area contributed by atoms with Crippen LogP contribution in [0.1, 0.15) is 31.0 Å². The van der Waals surface area contributed by atoms with Gasteiger partial charge >= 0.3 is 6.03 Å². The Morgan fingerprint density at radius 3 is 3.05 bits per heavy atom. The van der Waals surface area contributed by atoms with E-state index in [9.17, 15) is 4.79 Å². The van der Waals surface area contributed by atoms with Gasteiger partial charge in [-0.15, -0.1) is 0 Å². The van der Waals surface area contributed by atoms with Crippen LogP contribution in [0.25, 0.3) is 0 Å². The average Bonchev–Trinajstić information content (AvgIpc) is 2.82. The standard InChI is InChI=1S/C14H21N3O2/c1-11-4-6-15-12(8-11)9-16-13(18)17-10-14(2)5-3-7-19-14/h4,6,8H,3,5,7,9-10H2,1-2H3,(H2,16,17,18). The van der Waals surface area contributed by atoms with Gasteiger partial charge in [0.2, 0.25) is 0 Å². The molecule has 5 nitrogen and oxygen atoms in total. The van der Waals surface area contributed by atoms with Crippen molar-refractivity contribution in [3.05, 3.63) is 29.6 Å². The highest BCUT2D eigenvalue weighted by molar-refractivity contribution is 5.73. The summed E-state index contributed by atoms with van der Waals surface area (Å²) in [5, 5.41) is 5.65. The molecule has 1 unspecified atom stereocenters. The third-order valence-corrected chi connectivity index (χ3v) is 3.33. The molecule has 5 heteroatoms. The molecule has 0 saturated carbocycles. The van der Waals surface area contributed by atoms with Crippen LogP contribution in [0.4, 0.5) is 4.79 Å². The van der Waals surface area contributed by atoms with Crippen molar-refractivity contribution in [1.82, 2.24) is 15.6 Å². The SMILES string of the molecule is Cc1ccnc(CNC(=O)NCC2(C)CCCO2)c1. The summed E-state index contributed by atoms with van der Waals surface area (Å²) in [5.74, 6) is 0. The molecule has 1 aliphatic heterocycles. The topological polar surface area (TPSA) is 63.2 Å². The molecule has 0 aliphatic carbocycles. The summed E-state index contributed by atoms with van der Waals surface area (Å²) >= 11 is 0. The summed E-state index contributed by atoms with van der Waals surface area (Å²) < 4.78 is 5.61. The number of aryl methyl sites for hydroxylation is 1. The Bertz CT molecular complexity index is 442. The smallest absolute Gasteiger partial charge is 0.315 e. The Labute approximate surface area is 113 Å². The third-order valence-electron chi connectivity index (χ3n) is 3.33. The van der Waals surface area contributed by atoms with Gasteiger partial charge in [-0.05, 0) is 44.4 Å². The van der Waals surface area contributed by atoms with Gasteiger partial charge in [-0.1, -0.05) is 0 Å². The molecule has 2 rings (SSSR count). The zero-order valence-corrected chi connectivity index (χ0v) is 11.5. The second-order valence-corrected chi connectivity index (χ2v) is 5.26. The van der Waals surface area contributed by atoms with Crippen molar-refractivity contribution in [3.63, 3.8) is 0 Å². The molecule has 1 aromatic rings. The molecule has 0 radical (unpaired) electrons. The highest BCUT2D eigenvalue weighted by Crippen LogP contribution is 2.23. The number of carbonyl (C=O) groups is 1. The minimum atomic E-state index is -0.209. The van der Waals surface area contributed by atoms with E-state index in [1.807, 2.05) is 26.0 Å². The number of urea groups is 1. The number of aromatic nitrogens is 1. The number of nitrogens with zero attached hydrogens (tertiary/aromatic N) is 1. The molecule has 1 saturated heterocycles. The molecule has 1 aromatic heterocycles. The van der Waals surface area contributed by atoms with E-state index in [0.29, 0.717) is 13.1 Å². The molecular weight excluding hydrogens is 242 g/mol. The minimum Gasteiger partial charge on any atom is -0.373 e. The number of nitrogens with one attached hydrogen (secondary N) is 2. The van der Waals surface area contributed by atoms with Crippen LogP contribution in [0.5, 0.6) is 0 Å².